The van der Waals surface area contributed by atoms with Crippen molar-refractivity contribution in [2.75, 3.05) is 7.05 Å². The summed E-state index contributed by atoms with van der Waals surface area (Å²) in [5.74, 6) is -0.0556. The van der Waals surface area contributed by atoms with Crippen molar-refractivity contribution >= 4 is 5.91 Å². The third kappa shape index (κ3) is 3.64. The summed E-state index contributed by atoms with van der Waals surface area (Å²) >= 11 is 0. The fourth-order valence-electron chi connectivity index (χ4n) is 1.80. The first-order chi connectivity index (χ1) is 9.58. The molecule has 0 aliphatic carbocycles. The highest BCUT2D eigenvalue weighted by Crippen LogP contribution is 2.06. The Bertz CT molecular complexity index is 577. The van der Waals surface area contributed by atoms with Crippen LogP contribution in [0.2, 0.25) is 0 Å². The molecule has 0 bridgehead atoms. The topological polar surface area (TPSA) is 71.2 Å². The lowest BCUT2D eigenvalue weighted by Gasteiger charge is -2.17. The van der Waals surface area contributed by atoms with Gasteiger partial charge in [-0.05, 0) is 12.5 Å². The van der Waals surface area contributed by atoms with Gasteiger partial charge in [-0.3, -0.25) is 4.79 Å². The fraction of sp³-hybridized carbons (Fsp3) is 0.357. The van der Waals surface area contributed by atoms with E-state index in [0.717, 1.165) is 5.56 Å². The van der Waals surface area contributed by atoms with E-state index in [1.54, 1.807) is 18.1 Å². The second kappa shape index (κ2) is 6.29. The number of hydrogen-bond donors (Lipinski definition) is 1. The maximum Gasteiger partial charge on any atom is 0.244 e. The first-order valence-corrected chi connectivity index (χ1v) is 6.38. The van der Waals surface area contributed by atoms with Gasteiger partial charge < -0.3 is 10.0 Å². The second-order valence-corrected chi connectivity index (χ2v) is 4.80. The summed E-state index contributed by atoms with van der Waals surface area (Å²) in [5, 5.41) is 16.4. The Labute approximate surface area is 117 Å². The molecule has 0 aliphatic heterocycles. The van der Waals surface area contributed by atoms with Crippen LogP contribution in [0.3, 0.4) is 0 Å². The third-order valence-electron chi connectivity index (χ3n) is 3.01. The Balaban J connectivity index is 1.93. The molecule has 0 saturated carbocycles. The highest BCUT2D eigenvalue weighted by molar-refractivity contribution is 5.75. The number of aliphatic hydroxyl groups excluding tert-OH is 1. The van der Waals surface area contributed by atoms with Gasteiger partial charge in [0.25, 0.3) is 0 Å². The van der Waals surface area contributed by atoms with Crippen molar-refractivity contribution in [3.05, 3.63) is 47.3 Å². The molecule has 1 N–H and O–H groups in total. The van der Waals surface area contributed by atoms with Crippen molar-refractivity contribution in [2.45, 2.75) is 26.6 Å². The number of amides is 1. The van der Waals surface area contributed by atoms with E-state index >= 15 is 0 Å². The van der Waals surface area contributed by atoms with Crippen LogP contribution in [-0.2, 0) is 24.5 Å². The van der Waals surface area contributed by atoms with Gasteiger partial charge in [0.05, 0.1) is 12.8 Å². The number of carbonyl (C=O) groups excluding carboxylic acids is 1. The molecule has 1 aromatic carbocycles. The predicted molar refractivity (Wildman–Crippen MR) is 73.6 cm³/mol. The van der Waals surface area contributed by atoms with Crippen molar-refractivity contribution in [2.24, 2.45) is 0 Å². The summed E-state index contributed by atoms with van der Waals surface area (Å²) in [5.41, 5.74) is 2.74. The molecule has 0 fully saturated rings. The molecule has 0 unspecified atom stereocenters. The lowest BCUT2D eigenvalue weighted by Crippen LogP contribution is -2.30. The molecule has 6 nitrogen and oxygen atoms in total. The van der Waals surface area contributed by atoms with Crippen molar-refractivity contribution < 1.29 is 9.90 Å². The highest BCUT2D eigenvalue weighted by Gasteiger charge is 2.11. The van der Waals surface area contributed by atoms with Crippen LogP contribution in [0.5, 0.6) is 0 Å². The molecule has 0 aliphatic rings. The molecule has 0 atom stereocenters. The Kier molecular flexibility index (Phi) is 4.47. The van der Waals surface area contributed by atoms with Crippen molar-refractivity contribution in [1.82, 2.24) is 19.9 Å². The van der Waals surface area contributed by atoms with E-state index < -0.39 is 0 Å². The molecule has 0 radical (unpaired) electrons. The van der Waals surface area contributed by atoms with Crippen LogP contribution >= 0.6 is 0 Å². The summed E-state index contributed by atoms with van der Waals surface area (Å²) < 4.78 is 1.43. The van der Waals surface area contributed by atoms with Gasteiger partial charge in [0, 0.05) is 13.6 Å². The summed E-state index contributed by atoms with van der Waals surface area (Å²) in [6.07, 6.45) is 1.57. The molecule has 0 spiro atoms. The van der Waals surface area contributed by atoms with Gasteiger partial charge in [0.1, 0.15) is 12.2 Å². The molecule has 6 heteroatoms. The van der Waals surface area contributed by atoms with Crippen LogP contribution < -0.4 is 0 Å². The first kappa shape index (κ1) is 14.2. The van der Waals surface area contributed by atoms with Gasteiger partial charge in [-0.25, -0.2) is 4.68 Å². The van der Waals surface area contributed by atoms with Gasteiger partial charge in [0.2, 0.25) is 5.91 Å². The first-order valence-electron chi connectivity index (χ1n) is 6.38. The number of nitrogens with zero attached hydrogens (tertiary/aromatic N) is 4. The molecule has 106 valence electrons. The highest BCUT2D eigenvalue weighted by atomic mass is 16.3. The summed E-state index contributed by atoms with van der Waals surface area (Å²) in [4.78, 5) is 13.7. The number of aromatic nitrogens is 3. The molecule has 1 amide bonds. The average Bonchev–Trinajstić information content (AvgIpc) is 2.89. The molecule has 0 saturated heterocycles. The predicted octanol–water partition coefficient (Wildman–Crippen LogP) is 0.737. The van der Waals surface area contributed by atoms with E-state index in [0.29, 0.717) is 12.2 Å². The van der Waals surface area contributed by atoms with Gasteiger partial charge >= 0.3 is 0 Å². The normalized spacial score (nSPS) is 10.6. The Morgan fingerprint density at radius 2 is 2.05 bits per heavy atom. The molecule has 2 aromatic rings. The smallest absolute Gasteiger partial charge is 0.244 e. The molecular weight excluding hydrogens is 256 g/mol. The zero-order valence-corrected chi connectivity index (χ0v) is 11.7. The van der Waals surface area contributed by atoms with E-state index in [4.69, 9.17) is 5.11 Å². The lowest BCUT2D eigenvalue weighted by molar-refractivity contribution is -0.131. The minimum absolute atomic E-state index is 0.0556. The Morgan fingerprint density at radius 1 is 1.35 bits per heavy atom. The van der Waals surface area contributed by atoms with Crippen LogP contribution in [0.25, 0.3) is 0 Å². The fourth-order valence-corrected chi connectivity index (χ4v) is 1.80. The number of rotatable bonds is 5. The van der Waals surface area contributed by atoms with Gasteiger partial charge in [0.15, 0.2) is 0 Å². The molecule has 20 heavy (non-hydrogen) atoms. The van der Waals surface area contributed by atoms with Crippen LogP contribution in [0.4, 0.5) is 0 Å². The van der Waals surface area contributed by atoms with Gasteiger partial charge in [-0.15, -0.1) is 5.10 Å². The monoisotopic (exact) mass is 274 g/mol. The van der Waals surface area contributed by atoms with Gasteiger partial charge in [-0.1, -0.05) is 35.0 Å². The Hall–Kier alpha value is -2.21. The maximum atomic E-state index is 12.1. The van der Waals surface area contributed by atoms with E-state index in [-0.39, 0.29) is 19.1 Å². The molecule has 2 rings (SSSR count). The average molecular weight is 274 g/mol. The number of aliphatic hydroxyl groups is 1. The van der Waals surface area contributed by atoms with Gasteiger partial charge in [-0.2, -0.15) is 0 Å². The minimum atomic E-state index is -0.173. The van der Waals surface area contributed by atoms with Crippen LogP contribution in [0.1, 0.15) is 16.8 Å². The zero-order chi connectivity index (χ0) is 14.5. The number of hydrogen-bond acceptors (Lipinski definition) is 4. The number of carbonyl (C=O) groups is 1. The van der Waals surface area contributed by atoms with Crippen LogP contribution in [0, 0.1) is 6.92 Å². The maximum absolute atomic E-state index is 12.1. The minimum Gasteiger partial charge on any atom is -0.390 e. The second-order valence-electron chi connectivity index (χ2n) is 4.80. The largest absolute Gasteiger partial charge is 0.390 e. The van der Waals surface area contributed by atoms with Crippen LogP contribution in [-0.4, -0.2) is 38.0 Å². The number of aryl methyl sites for hydroxylation is 1. The quantitative estimate of drug-likeness (QED) is 0.873. The van der Waals surface area contributed by atoms with E-state index in [9.17, 15) is 4.79 Å². The standard InChI is InChI=1S/C14H18N4O2/c1-11-3-5-12(6-4-11)7-17(2)14(20)9-18-8-13(10-19)15-16-18/h3-6,8,19H,7,9-10H2,1-2H3. The van der Waals surface area contributed by atoms with Crippen LogP contribution in [0.15, 0.2) is 30.5 Å². The zero-order valence-electron chi connectivity index (χ0n) is 11.7. The summed E-state index contributed by atoms with van der Waals surface area (Å²) in [6.45, 7) is 2.53. The molecule has 1 aromatic heterocycles. The Morgan fingerprint density at radius 3 is 2.65 bits per heavy atom. The summed E-state index contributed by atoms with van der Waals surface area (Å²) in [7, 11) is 1.76. The molecular formula is C14H18N4O2. The number of likely N-dealkylation sites (N-methyl/N-ethyl adjacent to an activating group) is 1. The lowest BCUT2D eigenvalue weighted by atomic mass is 10.1. The van der Waals surface area contributed by atoms with E-state index in [1.165, 1.54) is 10.2 Å². The van der Waals surface area contributed by atoms with Crippen molar-refractivity contribution in [3.63, 3.8) is 0 Å². The van der Waals surface area contributed by atoms with Crippen molar-refractivity contribution in [3.8, 4) is 0 Å². The van der Waals surface area contributed by atoms with E-state index in [2.05, 4.69) is 10.3 Å². The summed E-state index contributed by atoms with van der Waals surface area (Å²) in [6, 6.07) is 8.08. The number of benzene rings is 1. The van der Waals surface area contributed by atoms with E-state index in [1.807, 2.05) is 31.2 Å². The molecule has 1 heterocycles. The van der Waals surface area contributed by atoms with Crippen molar-refractivity contribution in [1.29, 1.82) is 0 Å². The third-order valence-corrected chi connectivity index (χ3v) is 3.01. The SMILES string of the molecule is Cc1ccc(CN(C)C(=O)Cn2cc(CO)nn2)cc1.